The first-order valence-electron chi connectivity index (χ1n) is 8.74. The van der Waals surface area contributed by atoms with Gasteiger partial charge in [-0.25, -0.2) is 0 Å². The number of nitrogens with two attached hydrogens (primary N) is 1. The molecule has 5 nitrogen and oxygen atoms in total. The highest BCUT2D eigenvalue weighted by Crippen LogP contribution is 2.62. The fourth-order valence-electron chi connectivity index (χ4n) is 5.32. The van der Waals surface area contributed by atoms with Gasteiger partial charge in [0.2, 0.25) is 11.8 Å². The molecule has 24 heavy (non-hydrogen) atoms. The van der Waals surface area contributed by atoms with Crippen LogP contribution in [0.2, 0.25) is 0 Å². The van der Waals surface area contributed by atoms with E-state index in [1.807, 2.05) is 23.1 Å². The van der Waals surface area contributed by atoms with Gasteiger partial charge >= 0.3 is 0 Å². The number of nitrogens with zero attached hydrogens (tertiary/aromatic N) is 2. The molecule has 0 bridgehead atoms. The molecule has 128 valence electrons. The second kappa shape index (κ2) is 5.06. The van der Waals surface area contributed by atoms with Crippen LogP contribution in [0.15, 0.2) is 24.3 Å². The number of anilines is 1. The van der Waals surface area contributed by atoms with Crippen LogP contribution >= 0.6 is 0 Å². The van der Waals surface area contributed by atoms with E-state index in [1.54, 1.807) is 0 Å². The molecule has 0 aromatic heterocycles. The third kappa shape index (κ3) is 2.10. The normalized spacial score (nSPS) is 30.6. The Labute approximate surface area is 142 Å². The SMILES string of the molecule is CC1(C)C[C@]2(C(N)=O)CN(CC(=O)N3CCc4ccccc43)C[C@H]12. The molecule has 1 aromatic carbocycles. The van der Waals surface area contributed by atoms with Gasteiger partial charge in [0.05, 0.1) is 12.0 Å². The maximum Gasteiger partial charge on any atom is 0.241 e. The van der Waals surface area contributed by atoms with E-state index in [4.69, 9.17) is 5.73 Å². The molecule has 0 radical (unpaired) electrons. The Bertz CT molecular complexity index is 714. The Balaban J connectivity index is 1.48. The standard InChI is InChI=1S/C19H25N3O2/c1-18(2)11-19(17(20)24)12-21(9-15(18)19)10-16(23)22-8-7-13-5-3-4-6-14(13)22/h3-6,15H,7-12H2,1-2H3,(H2,20,24)/t15-,19+/m1/s1. The number of hydrogen-bond acceptors (Lipinski definition) is 3. The second-order valence-corrected chi connectivity index (χ2v) is 8.33. The van der Waals surface area contributed by atoms with Gasteiger partial charge in [0.15, 0.2) is 0 Å². The minimum atomic E-state index is -0.424. The first kappa shape index (κ1) is 15.6. The number of hydrogen-bond donors (Lipinski definition) is 1. The van der Waals surface area contributed by atoms with Gasteiger partial charge in [-0.15, -0.1) is 0 Å². The van der Waals surface area contributed by atoms with Crippen molar-refractivity contribution in [2.24, 2.45) is 22.5 Å². The number of primary amides is 1. The third-order valence-corrected chi connectivity index (χ3v) is 6.37. The summed E-state index contributed by atoms with van der Waals surface area (Å²) < 4.78 is 0. The molecule has 1 aromatic rings. The van der Waals surface area contributed by atoms with Gasteiger partial charge < -0.3 is 10.6 Å². The average Bonchev–Trinajstić information content (AvgIpc) is 3.07. The molecule has 2 fully saturated rings. The van der Waals surface area contributed by atoms with Crippen molar-refractivity contribution in [3.8, 4) is 0 Å². The van der Waals surface area contributed by atoms with Crippen molar-refractivity contribution in [1.82, 2.24) is 4.90 Å². The summed E-state index contributed by atoms with van der Waals surface area (Å²) in [6.07, 6.45) is 1.75. The van der Waals surface area contributed by atoms with E-state index in [2.05, 4.69) is 24.8 Å². The van der Waals surface area contributed by atoms with E-state index in [0.29, 0.717) is 13.1 Å². The summed E-state index contributed by atoms with van der Waals surface area (Å²) >= 11 is 0. The fraction of sp³-hybridized carbons (Fsp3) is 0.579. The first-order chi connectivity index (χ1) is 11.3. The minimum absolute atomic E-state index is 0.124. The molecule has 2 heterocycles. The Morgan fingerprint density at radius 1 is 1.29 bits per heavy atom. The van der Waals surface area contributed by atoms with Crippen molar-refractivity contribution in [2.75, 3.05) is 31.1 Å². The van der Waals surface area contributed by atoms with Gasteiger partial charge in [-0.3, -0.25) is 14.5 Å². The van der Waals surface area contributed by atoms with Crippen LogP contribution in [0, 0.1) is 16.7 Å². The van der Waals surface area contributed by atoms with Crippen LogP contribution in [0.4, 0.5) is 5.69 Å². The van der Waals surface area contributed by atoms with E-state index < -0.39 is 5.41 Å². The number of carbonyl (C=O) groups excluding carboxylic acids is 2. The van der Waals surface area contributed by atoms with Gasteiger partial charge in [-0.05, 0) is 35.8 Å². The van der Waals surface area contributed by atoms with E-state index in [9.17, 15) is 9.59 Å². The molecule has 2 N–H and O–H groups in total. The van der Waals surface area contributed by atoms with Crippen LogP contribution in [0.25, 0.3) is 0 Å². The van der Waals surface area contributed by atoms with E-state index >= 15 is 0 Å². The molecule has 2 amide bonds. The summed E-state index contributed by atoms with van der Waals surface area (Å²) in [6.45, 7) is 6.93. The summed E-state index contributed by atoms with van der Waals surface area (Å²) in [7, 11) is 0. The van der Waals surface area contributed by atoms with Crippen molar-refractivity contribution >= 4 is 17.5 Å². The first-order valence-corrected chi connectivity index (χ1v) is 8.74. The van der Waals surface area contributed by atoms with Gasteiger partial charge in [-0.1, -0.05) is 32.0 Å². The Hall–Kier alpha value is -1.88. The Morgan fingerprint density at radius 2 is 2.04 bits per heavy atom. The predicted molar refractivity (Wildman–Crippen MR) is 92.5 cm³/mol. The maximum absolute atomic E-state index is 12.8. The molecular weight excluding hydrogens is 302 g/mol. The quantitative estimate of drug-likeness (QED) is 0.913. The van der Waals surface area contributed by atoms with Crippen molar-refractivity contribution in [3.63, 3.8) is 0 Å². The molecule has 5 heteroatoms. The molecule has 1 saturated carbocycles. The smallest absolute Gasteiger partial charge is 0.241 e. The highest BCUT2D eigenvalue weighted by Gasteiger charge is 2.65. The van der Waals surface area contributed by atoms with Crippen LogP contribution in [0.5, 0.6) is 0 Å². The van der Waals surface area contributed by atoms with Gasteiger partial charge in [-0.2, -0.15) is 0 Å². The number of rotatable bonds is 3. The van der Waals surface area contributed by atoms with Crippen molar-refractivity contribution in [1.29, 1.82) is 0 Å². The molecule has 3 aliphatic rings. The zero-order valence-corrected chi connectivity index (χ0v) is 14.4. The van der Waals surface area contributed by atoms with Crippen molar-refractivity contribution in [2.45, 2.75) is 26.7 Å². The van der Waals surface area contributed by atoms with Crippen LogP contribution in [-0.2, 0) is 16.0 Å². The van der Waals surface area contributed by atoms with Crippen molar-refractivity contribution < 1.29 is 9.59 Å². The largest absolute Gasteiger partial charge is 0.369 e. The number of benzene rings is 1. The van der Waals surface area contributed by atoms with Gasteiger partial charge in [0, 0.05) is 25.3 Å². The molecule has 2 aliphatic heterocycles. The molecule has 2 atom stereocenters. The van der Waals surface area contributed by atoms with Crippen LogP contribution < -0.4 is 10.6 Å². The van der Waals surface area contributed by atoms with Crippen molar-refractivity contribution in [3.05, 3.63) is 29.8 Å². The number of para-hydroxylation sites is 1. The average molecular weight is 327 g/mol. The van der Waals surface area contributed by atoms with E-state index in [0.717, 1.165) is 31.6 Å². The van der Waals surface area contributed by atoms with Crippen LogP contribution in [0.3, 0.4) is 0 Å². The maximum atomic E-state index is 12.8. The zero-order valence-electron chi connectivity index (χ0n) is 14.4. The fourth-order valence-corrected chi connectivity index (χ4v) is 5.32. The zero-order chi connectivity index (χ0) is 17.1. The van der Waals surface area contributed by atoms with Crippen LogP contribution in [-0.4, -0.2) is 42.9 Å². The summed E-state index contributed by atoms with van der Waals surface area (Å²) in [4.78, 5) is 28.8. The predicted octanol–water partition coefficient (Wildman–Crippen LogP) is 1.41. The Kier molecular flexibility index (Phi) is 3.29. The lowest BCUT2D eigenvalue weighted by Crippen LogP contribution is -2.59. The number of carbonyl (C=O) groups is 2. The summed E-state index contributed by atoms with van der Waals surface area (Å²) in [5.41, 5.74) is 7.70. The van der Waals surface area contributed by atoms with E-state index in [-0.39, 0.29) is 23.1 Å². The number of likely N-dealkylation sites (tertiary alicyclic amines) is 1. The molecule has 4 rings (SSSR count). The second-order valence-electron chi connectivity index (χ2n) is 8.33. The Morgan fingerprint density at radius 3 is 2.71 bits per heavy atom. The van der Waals surface area contributed by atoms with Gasteiger partial charge in [0.25, 0.3) is 0 Å². The highest BCUT2D eigenvalue weighted by atomic mass is 16.2. The third-order valence-electron chi connectivity index (χ3n) is 6.37. The van der Waals surface area contributed by atoms with E-state index in [1.165, 1.54) is 5.56 Å². The lowest BCUT2D eigenvalue weighted by molar-refractivity contribution is -0.148. The van der Waals surface area contributed by atoms with Gasteiger partial charge in [0.1, 0.15) is 0 Å². The molecule has 0 unspecified atom stereocenters. The summed E-state index contributed by atoms with van der Waals surface area (Å²) in [5.74, 6) is 0.188. The number of fused-ring (bicyclic) bond motifs is 2. The monoisotopic (exact) mass is 327 g/mol. The lowest BCUT2D eigenvalue weighted by atomic mass is 9.48. The number of amides is 2. The van der Waals surface area contributed by atoms with Crippen LogP contribution in [0.1, 0.15) is 25.8 Å². The highest BCUT2D eigenvalue weighted by molar-refractivity contribution is 5.97. The summed E-state index contributed by atoms with van der Waals surface area (Å²) in [6, 6.07) is 8.10. The topological polar surface area (TPSA) is 66.6 Å². The molecule has 1 saturated heterocycles. The lowest BCUT2D eigenvalue weighted by Gasteiger charge is -2.54. The molecular formula is C19H25N3O2. The molecule has 0 spiro atoms. The minimum Gasteiger partial charge on any atom is -0.369 e. The molecule has 1 aliphatic carbocycles. The summed E-state index contributed by atoms with van der Waals surface area (Å²) in [5, 5.41) is 0.